The fourth-order valence-electron chi connectivity index (χ4n) is 2.31. The number of ketones is 1. The van der Waals surface area contributed by atoms with Crippen LogP contribution in [0, 0.1) is 0 Å². The number of anilines is 1. The Morgan fingerprint density at radius 3 is 2.50 bits per heavy atom. The van der Waals surface area contributed by atoms with Gasteiger partial charge in [-0.05, 0) is 36.4 Å². The maximum atomic E-state index is 12.5. The summed E-state index contributed by atoms with van der Waals surface area (Å²) in [6, 6.07) is 8.55. The van der Waals surface area contributed by atoms with Crippen molar-refractivity contribution in [2.45, 2.75) is 6.18 Å². The number of carbonyl (C=O) groups excluding carboxylic acids is 2. The van der Waals surface area contributed by atoms with Gasteiger partial charge in [-0.2, -0.15) is 13.2 Å². The summed E-state index contributed by atoms with van der Waals surface area (Å²) in [5.41, 5.74) is 0.282. The molecule has 3 aromatic rings. The van der Waals surface area contributed by atoms with E-state index in [1.54, 1.807) is 28.8 Å². The van der Waals surface area contributed by atoms with Gasteiger partial charge in [-0.3, -0.25) is 9.20 Å². The Hall–Kier alpha value is -3.36. The second kappa shape index (κ2) is 6.87. The molecule has 0 aliphatic rings. The molecular weight excluding hydrogens is 349 g/mol. The molecule has 0 spiro atoms. The summed E-state index contributed by atoms with van der Waals surface area (Å²) in [6.07, 6.45) is -1.35. The van der Waals surface area contributed by atoms with Crippen LogP contribution in [0.4, 0.5) is 23.7 Å². The van der Waals surface area contributed by atoms with Crippen molar-refractivity contribution < 1.29 is 22.8 Å². The van der Waals surface area contributed by atoms with Crippen LogP contribution in [0.2, 0.25) is 0 Å². The van der Waals surface area contributed by atoms with Gasteiger partial charge in [0.25, 0.3) is 0 Å². The monoisotopic (exact) mass is 362 g/mol. The number of alkyl halides is 3. The molecule has 2 amide bonds. The number of benzene rings is 1. The molecule has 0 bridgehead atoms. The first-order valence-electron chi connectivity index (χ1n) is 7.52. The van der Waals surface area contributed by atoms with Crippen LogP contribution < -0.4 is 10.6 Å². The second-order valence-corrected chi connectivity index (χ2v) is 5.38. The molecule has 0 saturated carbocycles. The first kappa shape index (κ1) is 17.5. The summed E-state index contributed by atoms with van der Waals surface area (Å²) in [4.78, 5) is 28.1. The number of fused-ring (bicyclic) bond motifs is 1. The molecule has 1 aromatic carbocycles. The van der Waals surface area contributed by atoms with Crippen LogP contribution in [-0.2, 0) is 6.18 Å². The summed E-state index contributed by atoms with van der Waals surface area (Å²) in [5.74, 6) is -0.355. The lowest BCUT2D eigenvalue weighted by Crippen LogP contribution is -2.33. The molecule has 9 heteroatoms. The van der Waals surface area contributed by atoms with E-state index in [4.69, 9.17) is 0 Å². The predicted octanol–water partition coefficient (Wildman–Crippen LogP) is 3.36. The third-order valence-electron chi connectivity index (χ3n) is 3.58. The van der Waals surface area contributed by atoms with E-state index in [1.807, 2.05) is 0 Å². The third kappa shape index (κ3) is 3.82. The summed E-state index contributed by atoms with van der Waals surface area (Å²) in [7, 11) is 0. The molecule has 6 nitrogen and oxygen atoms in total. The van der Waals surface area contributed by atoms with Crippen LogP contribution in [0.5, 0.6) is 0 Å². The van der Waals surface area contributed by atoms with Gasteiger partial charge in [0, 0.05) is 11.9 Å². The van der Waals surface area contributed by atoms with E-state index in [0.717, 1.165) is 24.3 Å². The van der Waals surface area contributed by atoms with Crippen molar-refractivity contribution in [1.29, 1.82) is 0 Å². The number of imidazole rings is 1. The molecule has 0 fully saturated rings. The minimum absolute atomic E-state index is 0.178. The van der Waals surface area contributed by atoms with E-state index in [2.05, 4.69) is 15.6 Å². The Labute approximate surface area is 145 Å². The van der Waals surface area contributed by atoms with E-state index in [1.165, 1.54) is 6.20 Å². The summed E-state index contributed by atoms with van der Waals surface area (Å²) in [5, 5.41) is 4.73. The highest BCUT2D eigenvalue weighted by Crippen LogP contribution is 2.29. The minimum Gasteiger partial charge on any atom is -0.330 e. The van der Waals surface area contributed by atoms with Gasteiger partial charge in [0.05, 0.1) is 18.3 Å². The van der Waals surface area contributed by atoms with Crippen molar-refractivity contribution in [1.82, 2.24) is 14.7 Å². The van der Waals surface area contributed by atoms with Gasteiger partial charge >= 0.3 is 12.2 Å². The fourth-order valence-corrected chi connectivity index (χ4v) is 2.31. The van der Waals surface area contributed by atoms with Gasteiger partial charge in [0.1, 0.15) is 11.3 Å². The first-order valence-corrected chi connectivity index (χ1v) is 7.52. The van der Waals surface area contributed by atoms with Crippen LogP contribution in [0.25, 0.3) is 5.65 Å². The molecule has 134 valence electrons. The lowest BCUT2D eigenvalue weighted by Gasteiger charge is -2.09. The van der Waals surface area contributed by atoms with Crippen LogP contribution in [0.15, 0.2) is 54.9 Å². The number of nitrogens with zero attached hydrogens (tertiary/aromatic N) is 2. The van der Waals surface area contributed by atoms with Crippen molar-refractivity contribution in [3.05, 3.63) is 66.1 Å². The first-order chi connectivity index (χ1) is 12.3. The number of aromatic nitrogens is 2. The Kier molecular flexibility index (Phi) is 4.61. The largest absolute Gasteiger partial charge is 0.416 e. The topological polar surface area (TPSA) is 75.5 Å². The Morgan fingerprint density at radius 2 is 1.81 bits per heavy atom. The predicted molar refractivity (Wildman–Crippen MR) is 88.0 cm³/mol. The highest BCUT2D eigenvalue weighted by molar-refractivity contribution is 6.00. The van der Waals surface area contributed by atoms with E-state index >= 15 is 0 Å². The Balaban J connectivity index is 1.58. The quantitative estimate of drug-likeness (QED) is 0.699. The molecular formula is C17H13F3N4O2. The lowest BCUT2D eigenvalue weighted by molar-refractivity contribution is -0.137. The zero-order valence-corrected chi connectivity index (χ0v) is 13.2. The Morgan fingerprint density at radius 1 is 1.08 bits per heavy atom. The highest BCUT2D eigenvalue weighted by Gasteiger charge is 2.30. The maximum Gasteiger partial charge on any atom is 0.416 e. The summed E-state index contributed by atoms with van der Waals surface area (Å²) in [6.45, 7) is -0.283. The van der Waals surface area contributed by atoms with Gasteiger partial charge in [-0.15, -0.1) is 0 Å². The number of nitrogens with one attached hydrogen (secondary N) is 2. The smallest absolute Gasteiger partial charge is 0.330 e. The zero-order chi connectivity index (χ0) is 18.7. The second-order valence-electron chi connectivity index (χ2n) is 5.38. The van der Waals surface area contributed by atoms with Gasteiger partial charge in [0.2, 0.25) is 0 Å². The van der Waals surface area contributed by atoms with E-state index < -0.39 is 17.8 Å². The Bertz CT molecular complexity index is 949. The van der Waals surface area contributed by atoms with Crippen LogP contribution in [0.1, 0.15) is 16.1 Å². The molecule has 3 rings (SSSR count). The number of urea groups is 1. The lowest BCUT2D eigenvalue weighted by atomic mass is 10.2. The molecule has 0 saturated heterocycles. The van der Waals surface area contributed by atoms with Crippen molar-refractivity contribution in [2.75, 3.05) is 11.9 Å². The highest BCUT2D eigenvalue weighted by atomic mass is 19.4. The normalized spacial score (nSPS) is 11.3. The maximum absolute atomic E-state index is 12.5. The summed E-state index contributed by atoms with van der Waals surface area (Å²) >= 11 is 0. The van der Waals surface area contributed by atoms with Crippen LogP contribution in [0.3, 0.4) is 0 Å². The van der Waals surface area contributed by atoms with Gasteiger partial charge < -0.3 is 10.6 Å². The van der Waals surface area contributed by atoms with E-state index in [9.17, 15) is 22.8 Å². The molecule has 0 atom stereocenters. The van der Waals surface area contributed by atoms with Crippen LogP contribution in [-0.4, -0.2) is 27.7 Å². The number of hydrogen-bond acceptors (Lipinski definition) is 3. The molecule has 2 N–H and O–H groups in total. The molecule has 2 heterocycles. The number of amides is 2. The SMILES string of the molecule is O=C(NCC(=O)c1cnc2ccccn12)Nc1ccc(C(F)(F)F)cc1. The van der Waals surface area contributed by atoms with E-state index in [0.29, 0.717) is 11.3 Å². The number of Topliss-reactive ketones (excluding diaryl/α,β-unsaturated/α-hetero) is 1. The van der Waals surface area contributed by atoms with E-state index in [-0.39, 0.29) is 18.0 Å². The van der Waals surface area contributed by atoms with Crippen molar-refractivity contribution in [3.8, 4) is 0 Å². The standard InChI is InChI=1S/C17H13F3N4O2/c18-17(19,20)11-4-6-12(7-5-11)23-16(26)22-10-14(25)13-9-21-15-3-1-2-8-24(13)15/h1-9H,10H2,(H2,22,23,26). The number of rotatable bonds is 4. The number of carbonyl (C=O) groups is 2. The number of hydrogen-bond donors (Lipinski definition) is 2. The van der Waals surface area contributed by atoms with Crippen molar-refractivity contribution in [3.63, 3.8) is 0 Å². The van der Waals surface area contributed by atoms with Crippen LogP contribution >= 0.6 is 0 Å². The van der Waals surface area contributed by atoms with Crippen molar-refractivity contribution >= 4 is 23.1 Å². The summed E-state index contributed by atoms with van der Waals surface area (Å²) < 4.78 is 39.1. The van der Waals surface area contributed by atoms with Gasteiger partial charge in [-0.25, -0.2) is 9.78 Å². The molecule has 0 aliphatic heterocycles. The fraction of sp³-hybridized carbons (Fsp3) is 0.118. The number of halogens is 3. The van der Waals surface area contributed by atoms with Gasteiger partial charge in [0.15, 0.2) is 5.78 Å². The average Bonchev–Trinajstić information content (AvgIpc) is 3.03. The van der Waals surface area contributed by atoms with Gasteiger partial charge in [-0.1, -0.05) is 6.07 Å². The van der Waals surface area contributed by atoms with Crippen molar-refractivity contribution in [2.24, 2.45) is 0 Å². The molecule has 0 aliphatic carbocycles. The third-order valence-corrected chi connectivity index (χ3v) is 3.58. The minimum atomic E-state index is -4.44. The zero-order valence-electron chi connectivity index (χ0n) is 13.2. The molecule has 0 unspecified atom stereocenters. The average molecular weight is 362 g/mol. The molecule has 26 heavy (non-hydrogen) atoms. The number of pyridine rings is 1. The molecule has 0 radical (unpaired) electrons. The molecule has 2 aromatic heterocycles.